The summed E-state index contributed by atoms with van der Waals surface area (Å²) in [5, 5.41) is 4.55. The third kappa shape index (κ3) is 3.68. The highest BCUT2D eigenvalue weighted by atomic mass is 35.5. The fourth-order valence-corrected chi connectivity index (χ4v) is 3.25. The highest BCUT2D eigenvalue weighted by molar-refractivity contribution is 7.84. The first kappa shape index (κ1) is 15.9. The van der Waals surface area contributed by atoms with Crippen molar-refractivity contribution in [2.75, 3.05) is 0 Å². The Bertz CT molecular complexity index is 859. The van der Waals surface area contributed by atoms with E-state index in [4.69, 9.17) is 16.1 Å². The van der Waals surface area contributed by atoms with Crippen LogP contribution in [0.1, 0.15) is 17.0 Å². The van der Waals surface area contributed by atoms with Crippen molar-refractivity contribution in [1.29, 1.82) is 0 Å². The molecular formula is C17H15ClN2O2S. The van der Waals surface area contributed by atoms with Crippen molar-refractivity contribution < 1.29 is 8.73 Å². The number of aromatic nitrogens is 2. The van der Waals surface area contributed by atoms with Gasteiger partial charge in [0.05, 0.1) is 16.6 Å². The number of rotatable bonds is 4. The van der Waals surface area contributed by atoms with E-state index in [1.807, 2.05) is 32.0 Å². The van der Waals surface area contributed by atoms with E-state index >= 15 is 0 Å². The van der Waals surface area contributed by atoms with Gasteiger partial charge in [0, 0.05) is 15.5 Å². The van der Waals surface area contributed by atoms with Crippen molar-refractivity contribution in [3.8, 4) is 11.5 Å². The van der Waals surface area contributed by atoms with Crippen LogP contribution in [-0.2, 0) is 16.6 Å². The first-order valence-corrected chi connectivity index (χ1v) is 8.77. The lowest BCUT2D eigenvalue weighted by molar-refractivity contribution is 0.425. The van der Waals surface area contributed by atoms with Gasteiger partial charge in [-0.05, 0) is 61.4 Å². The van der Waals surface area contributed by atoms with Crippen molar-refractivity contribution in [1.82, 2.24) is 10.1 Å². The van der Waals surface area contributed by atoms with E-state index in [0.29, 0.717) is 16.7 Å². The molecule has 0 aliphatic heterocycles. The molecule has 1 aromatic heterocycles. The van der Waals surface area contributed by atoms with Gasteiger partial charge in [-0.1, -0.05) is 22.8 Å². The van der Waals surface area contributed by atoms with Crippen LogP contribution in [0.4, 0.5) is 0 Å². The van der Waals surface area contributed by atoms with Crippen LogP contribution in [0.3, 0.4) is 0 Å². The Labute approximate surface area is 142 Å². The smallest absolute Gasteiger partial charge is 0.257 e. The summed E-state index contributed by atoms with van der Waals surface area (Å²) in [5.41, 5.74) is 3.08. The van der Waals surface area contributed by atoms with Crippen LogP contribution in [0.2, 0.25) is 5.02 Å². The Morgan fingerprint density at radius 2 is 1.83 bits per heavy atom. The van der Waals surface area contributed by atoms with E-state index < -0.39 is 10.8 Å². The van der Waals surface area contributed by atoms with Gasteiger partial charge in [-0.3, -0.25) is 4.21 Å². The number of nitrogens with zero attached hydrogens (tertiary/aromatic N) is 2. The molecular weight excluding hydrogens is 332 g/mol. The molecule has 0 N–H and O–H groups in total. The molecule has 0 aliphatic carbocycles. The van der Waals surface area contributed by atoms with Crippen molar-refractivity contribution in [3.05, 3.63) is 64.4 Å². The zero-order valence-electron chi connectivity index (χ0n) is 12.7. The van der Waals surface area contributed by atoms with Crippen LogP contribution in [0.15, 0.2) is 51.9 Å². The third-order valence-corrected chi connectivity index (χ3v) is 5.11. The summed E-state index contributed by atoms with van der Waals surface area (Å²) in [7, 11) is -1.21. The molecule has 3 rings (SSSR count). The van der Waals surface area contributed by atoms with Crippen LogP contribution in [-0.4, -0.2) is 14.3 Å². The Morgan fingerprint density at radius 3 is 2.52 bits per heavy atom. The molecule has 23 heavy (non-hydrogen) atoms. The lowest BCUT2D eigenvalue weighted by atomic mass is 10.1. The molecule has 0 aliphatic rings. The van der Waals surface area contributed by atoms with Gasteiger partial charge in [0.1, 0.15) is 0 Å². The standard InChI is InChI=1S/C17H15ClN2O2S/c1-11-3-8-15(9-12(11)2)23(21)10-16-19-17(22-20-16)13-4-6-14(18)7-5-13/h3-9H,10H2,1-2H3. The molecule has 0 saturated carbocycles. The zero-order chi connectivity index (χ0) is 16.4. The second-order valence-corrected chi connectivity index (χ2v) is 7.15. The minimum atomic E-state index is -1.21. The van der Waals surface area contributed by atoms with E-state index in [1.54, 1.807) is 24.3 Å². The molecule has 1 atom stereocenters. The molecule has 0 spiro atoms. The summed E-state index contributed by atoms with van der Waals surface area (Å²) in [4.78, 5) is 5.07. The number of hydrogen-bond donors (Lipinski definition) is 0. The SMILES string of the molecule is Cc1ccc(S(=O)Cc2noc(-c3ccc(Cl)cc3)n2)cc1C. The van der Waals surface area contributed by atoms with Gasteiger partial charge in [-0.2, -0.15) is 4.98 Å². The molecule has 0 amide bonds. The molecule has 0 saturated heterocycles. The number of hydrogen-bond acceptors (Lipinski definition) is 4. The van der Waals surface area contributed by atoms with Crippen molar-refractivity contribution in [3.63, 3.8) is 0 Å². The average Bonchev–Trinajstić information content (AvgIpc) is 2.99. The van der Waals surface area contributed by atoms with Gasteiger partial charge in [0.2, 0.25) is 0 Å². The highest BCUT2D eigenvalue weighted by Gasteiger charge is 2.13. The molecule has 0 radical (unpaired) electrons. The number of halogens is 1. The summed E-state index contributed by atoms with van der Waals surface area (Å²) in [6.07, 6.45) is 0. The van der Waals surface area contributed by atoms with Gasteiger partial charge in [0.25, 0.3) is 5.89 Å². The minimum Gasteiger partial charge on any atom is -0.334 e. The van der Waals surface area contributed by atoms with E-state index in [1.165, 1.54) is 5.56 Å². The quantitative estimate of drug-likeness (QED) is 0.706. The molecule has 1 unspecified atom stereocenters. The zero-order valence-corrected chi connectivity index (χ0v) is 14.3. The Morgan fingerprint density at radius 1 is 1.09 bits per heavy atom. The molecule has 4 nitrogen and oxygen atoms in total. The third-order valence-electron chi connectivity index (χ3n) is 3.56. The van der Waals surface area contributed by atoms with Crippen molar-refractivity contribution >= 4 is 22.4 Å². The predicted molar refractivity (Wildman–Crippen MR) is 90.8 cm³/mol. The van der Waals surface area contributed by atoms with Crippen LogP contribution in [0, 0.1) is 13.8 Å². The summed E-state index contributed by atoms with van der Waals surface area (Å²) in [6.45, 7) is 4.03. The minimum absolute atomic E-state index is 0.222. The predicted octanol–water partition coefficient (Wildman–Crippen LogP) is 4.31. The number of aryl methyl sites for hydroxylation is 2. The van der Waals surface area contributed by atoms with Gasteiger partial charge in [-0.15, -0.1) is 0 Å². The topological polar surface area (TPSA) is 56.0 Å². The van der Waals surface area contributed by atoms with Crippen LogP contribution in [0.25, 0.3) is 11.5 Å². The molecule has 0 bridgehead atoms. The van der Waals surface area contributed by atoms with E-state index in [2.05, 4.69) is 10.1 Å². The lowest BCUT2D eigenvalue weighted by Gasteiger charge is -2.03. The van der Waals surface area contributed by atoms with Gasteiger partial charge < -0.3 is 4.52 Å². The lowest BCUT2D eigenvalue weighted by Crippen LogP contribution is -1.99. The monoisotopic (exact) mass is 346 g/mol. The average molecular weight is 347 g/mol. The molecule has 118 valence electrons. The first-order chi connectivity index (χ1) is 11.0. The molecule has 2 aromatic carbocycles. The van der Waals surface area contributed by atoms with Crippen LogP contribution < -0.4 is 0 Å². The largest absolute Gasteiger partial charge is 0.334 e. The molecule has 3 aromatic rings. The fraction of sp³-hybridized carbons (Fsp3) is 0.176. The van der Waals surface area contributed by atoms with E-state index in [9.17, 15) is 4.21 Å². The second kappa shape index (κ2) is 6.64. The van der Waals surface area contributed by atoms with Crippen molar-refractivity contribution in [2.24, 2.45) is 0 Å². The van der Waals surface area contributed by atoms with Crippen LogP contribution in [0.5, 0.6) is 0 Å². The fourth-order valence-electron chi connectivity index (χ4n) is 2.08. The maximum atomic E-state index is 12.4. The number of benzene rings is 2. The first-order valence-electron chi connectivity index (χ1n) is 7.07. The van der Waals surface area contributed by atoms with Crippen LogP contribution >= 0.6 is 11.6 Å². The Kier molecular flexibility index (Phi) is 4.59. The highest BCUT2D eigenvalue weighted by Crippen LogP contribution is 2.21. The van der Waals surface area contributed by atoms with Gasteiger partial charge >= 0.3 is 0 Å². The van der Waals surface area contributed by atoms with Crippen molar-refractivity contribution in [2.45, 2.75) is 24.5 Å². The Hall–Kier alpha value is -1.98. The molecule has 1 heterocycles. The van der Waals surface area contributed by atoms with Gasteiger partial charge in [0.15, 0.2) is 5.82 Å². The maximum absolute atomic E-state index is 12.4. The van der Waals surface area contributed by atoms with E-state index in [0.717, 1.165) is 16.0 Å². The Balaban J connectivity index is 1.77. The van der Waals surface area contributed by atoms with Gasteiger partial charge in [-0.25, -0.2) is 0 Å². The summed E-state index contributed by atoms with van der Waals surface area (Å²) in [5.74, 6) is 1.04. The molecule has 6 heteroatoms. The second-order valence-electron chi connectivity index (χ2n) is 5.26. The summed E-state index contributed by atoms with van der Waals surface area (Å²) >= 11 is 5.86. The summed E-state index contributed by atoms with van der Waals surface area (Å²) in [6, 6.07) is 12.9. The molecule has 0 fully saturated rings. The maximum Gasteiger partial charge on any atom is 0.257 e. The van der Waals surface area contributed by atoms with E-state index in [-0.39, 0.29) is 5.75 Å². The normalized spacial score (nSPS) is 12.3. The summed E-state index contributed by atoms with van der Waals surface area (Å²) < 4.78 is 17.7.